The number of aromatic nitrogens is 1. The standard InChI is InChI=1S/C21H22N2O3S2/c1-28(25,26)14-15-6-8-17(9-7-15)21(24)23-12-10-16(11-13-23)20-22-18-4-2-3-5-19(18)27-20/h2-9,16H,10-14H2,1H3. The van der Waals surface area contributed by atoms with Crippen LogP contribution in [0.5, 0.6) is 0 Å². The molecule has 1 fully saturated rings. The molecule has 1 aliphatic heterocycles. The number of para-hydroxylation sites is 1. The van der Waals surface area contributed by atoms with Gasteiger partial charge in [0.15, 0.2) is 9.84 Å². The molecule has 0 spiro atoms. The van der Waals surface area contributed by atoms with E-state index in [1.165, 1.54) is 16.0 Å². The van der Waals surface area contributed by atoms with E-state index >= 15 is 0 Å². The molecule has 0 saturated carbocycles. The monoisotopic (exact) mass is 414 g/mol. The molecule has 1 amide bonds. The maximum Gasteiger partial charge on any atom is 0.253 e. The molecule has 28 heavy (non-hydrogen) atoms. The number of fused-ring (bicyclic) bond motifs is 1. The normalized spacial score (nSPS) is 15.8. The van der Waals surface area contributed by atoms with Gasteiger partial charge < -0.3 is 4.90 Å². The van der Waals surface area contributed by atoms with E-state index in [1.807, 2.05) is 23.1 Å². The lowest BCUT2D eigenvalue weighted by Crippen LogP contribution is -2.37. The summed E-state index contributed by atoms with van der Waals surface area (Å²) in [6, 6.07) is 15.1. The second-order valence-corrected chi connectivity index (χ2v) is 10.6. The van der Waals surface area contributed by atoms with E-state index in [9.17, 15) is 13.2 Å². The highest BCUT2D eigenvalue weighted by Gasteiger charge is 2.26. The molecule has 5 nitrogen and oxygen atoms in total. The lowest BCUT2D eigenvalue weighted by molar-refractivity contribution is 0.0713. The first-order valence-electron chi connectivity index (χ1n) is 9.30. The Morgan fingerprint density at radius 2 is 1.79 bits per heavy atom. The first kappa shape index (κ1) is 19.1. The quantitative estimate of drug-likeness (QED) is 0.650. The van der Waals surface area contributed by atoms with Crippen LogP contribution in [0.4, 0.5) is 0 Å². The minimum atomic E-state index is -3.07. The zero-order valence-electron chi connectivity index (χ0n) is 15.7. The molecule has 0 aliphatic carbocycles. The van der Waals surface area contributed by atoms with Gasteiger partial charge in [0.2, 0.25) is 0 Å². The van der Waals surface area contributed by atoms with Crippen molar-refractivity contribution >= 4 is 37.3 Å². The van der Waals surface area contributed by atoms with Crippen molar-refractivity contribution in [3.05, 3.63) is 64.7 Å². The van der Waals surface area contributed by atoms with Gasteiger partial charge in [-0.25, -0.2) is 13.4 Å². The second-order valence-electron chi connectivity index (χ2n) is 7.35. The molecule has 0 radical (unpaired) electrons. The maximum atomic E-state index is 12.8. The average molecular weight is 415 g/mol. The highest BCUT2D eigenvalue weighted by atomic mass is 32.2. The van der Waals surface area contributed by atoms with E-state index in [-0.39, 0.29) is 11.7 Å². The summed E-state index contributed by atoms with van der Waals surface area (Å²) in [4.78, 5) is 19.4. The van der Waals surface area contributed by atoms with Crippen molar-refractivity contribution in [2.45, 2.75) is 24.5 Å². The lowest BCUT2D eigenvalue weighted by Gasteiger charge is -2.31. The van der Waals surface area contributed by atoms with Crippen molar-refractivity contribution in [2.24, 2.45) is 0 Å². The van der Waals surface area contributed by atoms with E-state index in [0.717, 1.165) is 18.4 Å². The number of nitrogens with zero attached hydrogens (tertiary/aromatic N) is 2. The summed E-state index contributed by atoms with van der Waals surface area (Å²) in [6.45, 7) is 1.43. The molecule has 146 valence electrons. The van der Waals surface area contributed by atoms with Crippen molar-refractivity contribution in [1.82, 2.24) is 9.88 Å². The first-order valence-corrected chi connectivity index (χ1v) is 12.2. The third kappa shape index (κ3) is 4.25. The van der Waals surface area contributed by atoms with Gasteiger partial charge in [-0.2, -0.15) is 0 Å². The minimum absolute atomic E-state index is 0.00493. The maximum absolute atomic E-state index is 12.8. The number of carbonyl (C=O) groups is 1. The number of benzene rings is 2. The summed E-state index contributed by atoms with van der Waals surface area (Å²) < 4.78 is 24.0. The van der Waals surface area contributed by atoms with Crippen LogP contribution in [0, 0.1) is 0 Å². The highest BCUT2D eigenvalue weighted by Crippen LogP contribution is 2.34. The van der Waals surface area contributed by atoms with Crippen molar-refractivity contribution in [1.29, 1.82) is 0 Å². The minimum Gasteiger partial charge on any atom is -0.339 e. The Labute approximate surface area is 168 Å². The Kier molecular flexibility index (Phi) is 5.21. The van der Waals surface area contributed by atoms with Gasteiger partial charge in [-0.15, -0.1) is 11.3 Å². The second kappa shape index (κ2) is 7.64. The Hall–Kier alpha value is -2.25. The van der Waals surface area contributed by atoms with Crippen LogP contribution >= 0.6 is 11.3 Å². The zero-order valence-corrected chi connectivity index (χ0v) is 17.3. The van der Waals surface area contributed by atoms with Crippen LogP contribution in [0.15, 0.2) is 48.5 Å². The number of hydrogen-bond acceptors (Lipinski definition) is 5. The van der Waals surface area contributed by atoms with Crippen molar-refractivity contribution in [3.8, 4) is 0 Å². The van der Waals surface area contributed by atoms with Gasteiger partial charge in [0, 0.05) is 30.8 Å². The number of carbonyl (C=O) groups excluding carboxylic acids is 1. The van der Waals surface area contributed by atoms with Gasteiger partial charge in [0.1, 0.15) is 0 Å². The molecule has 1 aliphatic rings. The molecule has 3 aromatic rings. The van der Waals surface area contributed by atoms with E-state index in [0.29, 0.717) is 30.1 Å². The van der Waals surface area contributed by atoms with Gasteiger partial charge >= 0.3 is 0 Å². The fourth-order valence-corrected chi connectivity index (χ4v) is 5.56. The largest absolute Gasteiger partial charge is 0.339 e. The van der Waals surface area contributed by atoms with Gasteiger partial charge in [0.05, 0.1) is 21.0 Å². The molecule has 4 rings (SSSR count). The predicted octanol–water partition coefficient (Wildman–Crippen LogP) is 3.86. The third-order valence-electron chi connectivity index (χ3n) is 5.07. The first-order chi connectivity index (χ1) is 13.4. The number of amides is 1. The van der Waals surface area contributed by atoms with Crippen LogP contribution < -0.4 is 0 Å². The molecule has 0 unspecified atom stereocenters. The Morgan fingerprint density at radius 3 is 2.43 bits per heavy atom. The SMILES string of the molecule is CS(=O)(=O)Cc1ccc(C(=O)N2CCC(c3nc4ccccc4s3)CC2)cc1. The summed E-state index contributed by atoms with van der Waals surface area (Å²) in [5.41, 5.74) is 2.36. The summed E-state index contributed by atoms with van der Waals surface area (Å²) in [5, 5.41) is 1.17. The van der Waals surface area contributed by atoms with Crippen LogP contribution in [0.1, 0.15) is 39.7 Å². The van der Waals surface area contributed by atoms with Gasteiger partial charge in [-0.1, -0.05) is 24.3 Å². The fourth-order valence-electron chi connectivity index (χ4n) is 3.62. The smallest absolute Gasteiger partial charge is 0.253 e. The zero-order chi connectivity index (χ0) is 19.7. The Bertz CT molecular complexity index is 1060. The lowest BCUT2D eigenvalue weighted by atomic mass is 9.97. The third-order valence-corrected chi connectivity index (χ3v) is 7.13. The number of hydrogen-bond donors (Lipinski definition) is 0. The molecule has 7 heteroatoms. The molecule has 2 heterocycles. The number of likely N-dealkylation sites (tertiary alicyclic amines) is 1. The Morgan fingerprint density at radius 1 is 1.11 bits per heavy atom. The van der Waals surface area contributed by atoms with E-state index in [2.05, 4.69) is 6.07 Å². The van der Waals surface area contributed by atoms with Crippen LogP contribution in [0.3, 0.4) is 0 Å². The van der Waals surface area contributed by atoms with E-state index < -0.39 is 9.84 Å². The number of rotatable bonds is 4. The summed E-state index contributed by atoms with van der Waals surface area (Å²) in [7, 11) is -3.07. The van der Waals surface area contributed by atoms with E-state index in [4.69, 9.17) is 4.98 Å². The Balaban J connectivity index is 1.39. The molecular formula is C21H22N2O3S2. The molecular weight excluding hydrogens is 392 g/mol. The average Bonchev–Trinajstić information content (AvgIpc) is 3.11. The molecule has 0 N–H and O–H groups in total. The van der Waals surface area contributed by atoms with Gasteiger partial charge in [0.25, 0.3) is 5.91 Å². The molecule has 0 atom stereocenters. The van der Waals surface area contributed by atoms with Crippen LogP contribution in [-0.4, -0.2) is 43.6 Å². The number of thiazole rings is 1. The topological polar surface area (TPSA) is 67.3 Å². The van der Waals surface area contributed by atoms with Crippen LogP contribution in [0.2, 0.25) is 0 Å². The summed E-state index contributed by atoms with van der Waals surface area (Å²) >= 11 is 1.75. The number of sulfone groups is 1. The van der Waals surface area contributed by atoms with Gasteiger partial charge in [-0.3, -0.25) is 4.79 Å². The summed E-state index contributed by atoms with van der Waals surface area (Å²) in [5.74, 6) is 0.405. The number of piperidine rings is 1. The summed E-state index contributed by atoms with van der Waals surface area (Å²) in [6.07, 6.45) is 3.04. The molecule has 1 saturated heterocycles. The van der Waals surface area contributed by atoms with Crippen LogP contribution in [0.25, 0.3) is 10.2 Å². The molecule has 2 aromatic carbocycles. The molecule has 0 bridgehead atoms. The fraction of sp³-hybridized carbons (Fsp3) is 0.333. The van der Waals surface area contributed by atoms with Crippen molar-refractivity contribution in [2.75, 3.05) is 19.3 Å². The van der Waals surface area contributed by atoms with Crippen molar-refractivity contribution in [3.63, 3.8) is 0 Å². The van der Waals surface area contributed by atoms with Crippen molar-refractivity contribution < 1.29 is 13.2 Å². The van der Waals surface area contributed by atoms with E-state index in [1.54, 1.807) is 35.6 Å². The van der Waals surface area contributed by atoms with Crippen LogP contribution in [-0.2, 0) is 15.6 Å². The van der Waals surface area contributed by atoms with Gasteiger partial charge in [-0.05, 0) is 42.7 Å². The molecule has 1 aromatic heterocycles. The predicted molar refractivity (Wildman–Crippen MR) is 112 cm³/mol. The highest BCUT2D eigenvalue weighted by molar-refractivity contribution is 7.89.